The van der Waals surface area contributed by atoms with Crippen LogP contribution in [0, 0.1) is 0 Å². The van der Waals surface area contributed by atoms with Gasteiger partial charge in [0.05, 0.1) is 18.4 Å². The fourth-order valence-electron chi connectivity index (χ4n) is 2.70. The van der Waals surface area contributed by atoms with Crippen LogP contribution in [0.3, 0.4) is 0 Å². The van der Waals surface area contributed by atoms with Crippen LogP contribution >= 0.6 is 0 Å². The molecule has 25 heavy (non-hydrogen) atoms. The number of hydrogen-bond donors (Lipinski definition) is 1. The number of methoxy groups -OCH3 is 1. The molecule has 1 fully saturated rings. The molecule has 1 aromatic carbocycles. The number of nitrogens with one attached hydrogen (secondary N) is 1. The second kappa shape index (κ2) is 7.16. The fourth-order valence-corrected chi connectivity index (χ4v) is 2.70. The molecule has 1 aliphatic rings. The summed E-state index contributed by atoms with van der Waals surface area (Å²) in [6.45, 7) is 0.835. The number of rotatable bonds is 4. The van der Waals surface area contributed by atoms with Crippen LogP contribution in [0.4, 0.5) is 11.6 Å². The van der Waals surface area contributed by atoms with E-state index in [9.17, 15) is 9.59 Å². The summed E-state index contributed by atoms with van der Waals surface area (Å²) in [6, 6.07) is 7.34. The van der Waals surface area contributed by atoms with E-state index in [2.05, 4.69) is 15.3 Å². The van der Waals surface area contributed by atoms with E-state index >= 15 is 0 Å². The Hall–Kier alpha value is -3.16. The number of para-hydroxylation sites is 2. The zero-order valence-electron chi connectivity index (χ0n) is 14.1. The molecule has 1 saturated heterocycles. The van der Waals surface area contributed by atoms with E-state index in [1.54, 1.807) is 25.1 Å². The van der Waals surface area contributed by atoms with Crippen LogP contribution in [0.1, 0.15) is 10.4 Å². The third kappa shape index (κ3) is 3.37. The van der Waals surface area contributed by atoms with E-state index < -0.39 is 0 Å². The highest BCUT2D eigenvalue weighted by molar-refractivity contribution is 6.02. The smallest absolute Gasteiger partial charge is 0.257 e. The maximum absolute atomic E-state index is 12.5. The molecule has 3 rings (SSSR count). The van der Waals surface area contributed by atoms with Crippen molar-refractivity contribution in [1.29, 1.82) is 0 Å². The van der Waals surface area contributed by atoms with Gasteiger partial charge in [-0.2, -0.15) is 0 Å². The van der Waals surface area contributed by atoms with E-state index in [1.807, 2.05) is 18.2 Å². The predicted octanol–water partition coefficient (Wildman–Crippen LogP) is 1.02. The highest BCUT2D eigenvalue weighted by atomic mass is 16.5. The minimum absolute atomic E-state index is 0.00462. The van der Waals surface area contributed by atoms with Gasteiger partial charge in [0.1, 0.15) is 12.3 Å². The molecule has 8 heteroatoms. The molecule has 0 unspecified atom stereocenters. The largest absolute Gasteiger partial charge is 0.495 e. The van der Waals surface area contributed by atoms with Gasteiger partial charge in [-0.25, -0.2) is 9.97 Å². The summed E-state index contributed by atoms with van der Waals surface area (Å²) in [4.78, 5) is 36.3. The Balaban J connectivity index is 1.72. The van der Waals surface area contributed by atoms with Gasteiger partial charge in [0.25, 0.3) is 5.91 Å². The van der Waals surface area contributed by atoms with Gasteiger partial charge in [-0.05, 0) is 12.1 Å². The molecule has 1 aliphatic heterocycles. The van der Waals surface area contributed by atoms with Crippen LogP contribution in [0.25, 0.3) is 0 Å². The van der Waals surface area contributed by atoms with E-state index in [0.717, 1.165) is 0 Å². The third-order valence-electron chi connectivity index (χ3n) is 4.01. The normalized spacial score (nSPS) is 14.4. The summed E-state index contributed by atoms with van der Waals surface area (Å²) in [5.41, 5.74) is 1.07. The first-order valence-corrected chi connectivity index (χ1v) is 7.86. The molecule has 130 valence electrons. The highest BCUT2D eigenvalue weighted by Gasteiger charge is 2.30. The Morgan fingerprint density at radius 3 is 2.56 bits per heavy atom. The summed E-state index contributed by atoms with van der Waals surface area (Å²) in [5, 5.41) is 2.79. The molecular formula is C17H19N5O3. The Kier molecular flexibility index (Phi) is 4.78. The lowest BCUT2D eigenvalue weighted by molar-refractivity contribution is -0.120. The van der Waals surface area contributed by atoms with Gasteiger partial charge < -0.3 is 19.9 Å². The van der Waals surface area contributed by atoms with Crippen LogP contribution in [0.15, 0.2) is 36.7 Å². The predicted molar refractivity (Wildman–Crippen MR) is 92.8 cm³/mol. The molecule has 2 aromatic rings. The molecule has 2 amide bonds. The quantitative estimate of drug-likeness (QED) is 0.893. The number of carbonyl (C=O) groups is 2. The second-order valence-electron chi connectivity index (χ2n) is 5.49. The first-order valence-electron chi connectivity index (χ1n) is 7.86. The Bertz CT molecular complexity index is 778. The monoisotopic (exact) mass is 341 g/mol. The van der Waals surface area contributed by atoms with Gasteiger partial charge in [-0.1, -0.05) is 12.1 Å². The second-order valence-corrected chi connectivity index (χ2v) is 5.49. The van der Waals surface area contributed by atoms with Crippen molar-refractivity contribution in [2.45, 2.75) is 0 Å². The van der Waals surface area contributed by atoms with Crippen molar-refractivity contribution >= 4 is 23.5 Å². The number of piperazine rings is 1. The van der Waals surface area contributed by atoms with Crippen molar-refractivity contribution in [3.8, 4) is 5.75 Å². The van der Waals surface area contributed by atoms with E-state index in [1.165, 1.54) is 17.3 Å². The van der Waals surface area contributed by atoms with Crippen molar-refractivity contribution in [3.05, 3.63) is 42.2 Å². The van der Waals surface area contributed by atoms with Crippen molar-refractivity contribution < 1.29 is 14.3 Å². The van der Waals surface area contributed by atoms with Crippen molar-refractivity contribution in [3.63, 3.8) is 0 Å². The lowest BCUT2D eigenvalue weighted by Gasteiger charge is -2.34. The summed E-state index contributed by atoms with van der Waals surface area (Å²) < 4.78 is 5.32. The average molecular weight is 341 g/mol. The third-order valence-corrected chi connectivity index (χ3v) is 4.01. The zero-order chi connectivity index (χ0) is 17.8. The van der Waals surface area contributed by atoms with Gasteiger partial charge in [0.15, 0.2) is 0 Å². The lowest BCUT2D eigenvalue weighted by Crippen LogP contribution is -2.52. The molecule has 8 nitrogen and oxygen atoms in total. The molecule has 0 aliphatic carbocycles. The van der Waals surface area contributed by atoms with E-state index in [4.69, 9.17) is 4.74 Å². The van der Waals surface area contributed by atoms with Crippen LogP contribution in [0.5, 0.6) is 5.75 Å². The van der Waals surface area contributed by atoms with Gasteiger partial charge in [0, 0.05) is 32.5 Å². The first kappa shape index (κ1) is 16.7. The number of anilines is 2. The summed E-state index contributed by atoms with van der Waals surface area (Å²) >= 11 is 0. The molecule has 0 saturated carbocycles. The zero-order valence-corrected chi connectivity index (χ0v) is 14.1. The van der Waals surface area contributed by atoms with Crippen LogP contribution in [0.2, 0.25) is 0 Å². The SMILES string of the molecule is CNc1ncc(C(=O)N2CCN(c3ccccc3OC)C(=O)C2)cn1. The molecular weight excluding hydrogens is 322 g/mol. The number of amides is 2. The lowest BCUT2D eigenvalue weighted by atomic mass is 10.2. The van der Waals surface area contributed by atoms with Gasteiger partial charge in [-0.15, -0.1) is 0 Å². The first-order chi connectivity index (χ1) is 12.1. The number of hydrogen-bond acceptors (Lipinski definition) is 6. The van der Waals surface area contributed by atoms with Gasteiger partial charge in [-0.3, -0.25) is 9.59 Å². The highest BCUT2D eigenvalue weighted by Crippen LogP contribution is 2.29. The molecule has 0 radical (unpaired) electrons. The Morgan fingerprint density at radius 1 is 1.20 bits per heavy atom. The van der Waals surface area contributed by atoms with E-state index in [0.29, 0.717) is 36.0 Å². The van der Waals surface area contributed by atoms with Crippen molar-refractivity contribution in [2.75, 3.05) is 44.0 Å². The number of ether oxygens (including phenoxy) is 1. The number of benzene rings is 1. The van der Waals surface area contributed by atoms with Crippen LogP contribution < -0.4 is 15.0 Å². The maximum Gasteiger partial charge on any atom is 0.257 e. The van der Waals surface area contributed by atoms with Crippen molar-refractivity contribution in [1.82, 2.24) is 14.9 Å². The average Bonchev–Trinajstić information content (AvgIpc) is 2.67. The summed E-state index contributed by atoms with van der Waals surface area (Å²) in [5.74, 6) is 0.660. The molecule has 0 bridgehead atoms. The minimum Gasteiger partial charge on any atom is -0.495 e. The van der Waals surface area contributed by atoms with Crippen LogP contribution in [-0.2, 0) is 4.79 Å². The summed E-state index contributed by atoms with van der Waals surface area (Å²) in [7, 11) is 3.27. The number of aromatic nitrogens is 2. The maximum atomic E-state index is 12.5. The Morgan fingerprint density at radius 2 is 1.92 bits per heavy atom. The van der Waals surface area contributed by atoms with Crippen LogP contribution in [-0.4, -0.2) is 60.5 Å². The topological polar surface area (TPSA) is 87.7 Å². The fraction of sp³-hybridized carbons (Fsp3) is 0.294. The van der Waals surface area contributed by atoms with Gasteiger partial charge in [0.2, 0.25) is 11.9 Å². The molecule has 1 aromatic heterocycles. The molecule has 1 N–H and O–H groups in total. The molecule has 0 atom stereocenters. The van der Waals surface area contributed by atoms with E-state index in [-0.39, 0.29) is 18.4 Å². The molecule has 0 spiro atoms. The van der Waals surface area contributed by atoms with Crippen molar-refractivity contribution in [2.24, 2.45) is 0 Å². The molecule has 2 heterocycles. The Labute approximate surface area is 145 Å². The van der Waals surface area contributed by atoms with Gasteiger partial charge >= 0.3 is 0 Å². The number of carbonyl (C=O) groups excluding carboxylic acids is 2. The standard InChI is InChI=1S/C17H19N5O3/c1-18-17-19-9-12(10-20-17)16(24)21-7-8-22(15(23)11-21)13-5-3-4-6-14(13)25-2/h3-6,9-10H,7-8,11H2,1-2H3,(H,18,19,20). The summed E-state index contributed by atoms with van der Waals surface area (Å²) in [6.07, 6.45) is 2.91. The minimum atomic E-state index is -0.254. The number of nitrogens with zero attached hydrogens (tertiary/aromatic N) is 4.